The van der Waals surface area contributed by atoms with Gasteiger partial charge in [0.15, 0.2) is 0 Å². The van der Waals surface area contributed by atoms with Gasteiger partial charge in [0.1, 0.15) is 5.01 Å². The van der Waals surface area contributed by atoms with Crippen LogP contribution in [0.25, 0.3) is 10.6 Å². The molecule has 1 aromatic carbocycles. The number of aromatic nitrogens is 1. The molecular formula is C17H21ClN2S. The average Bonchev–Trinajstić information content (AvgIpc) is 3.17. The smallest absolute Gasteiger partial charge is 0.125 e. The van der Waals surface area contributed by atoms with Gasteiger partial charge in [0.05, 0.1) is 10.7 Å². The van der Waals surface area contributed by atoms with Crippen molar-refractivity contribution in [3.63, 3.8) is 0 Å². The highest BCUT2D eigenvalue weighted by Crippen LogP contribution is 2.45. The summed E-state index contributed by atoms with van der Waals surface area (Å²) in [6.07, 6.45) is 2.54. The number of thiazole rings is 1. The highest BCUT2D eigenvalue weighted by Gasteiger charge is 2.30. The van der Waals surface area contributed by atoms with Crippen molar-refractivity contribution in [3.8, 4) is 10.6 Å². The summed E-state index contributed by atoms with van der Waals surface area (Å²) < 4.78 is 0. The van der Waals surface area contributed by atoms with E-state index in [1.54, 1.807) is 11.3 Å². The molecule has 0 atom stereocenters. The second-order valence-corrected chi connectivity index (χ2v) is 8.18. The minimum Gasteiger partial charge on any atom is -0.307 e. The van der Waals surface area contributed by atoms with Crippen LogP contribution < -0.4 is 5.32 Å². The predicted molar refractivity (Wildman–Crippen MR) is 91.1 cm³/mol. The standard InChI is InChI=1S/C17H21ClN2S/c1-17(2,3)19-10-14-15(11-8-9-11)20-16(21-14)12-6-4-5-7-13(12)18/h4-7,11,19H,8-10H2,1-3H3. The molecule has 0 bridgehead atoms. The molecule has 2 nitrogen and oxygen atoms in total. The van der Waals surface area contributed by atoms with Crippen LogP contribution in [0.1, 0.15) is 50.1 Å². The summed E-state index contributed by atoms with van der Waals surface area (Å²) in [7, 11) is 0. The Labute approximate surface area is 135 Å². The highest BCUT2D eigenvalue weighted by molar-refractivity contribution is 7.15. The number of hydrogen-bond donors (Lipinski definition) is 1. The Kier molecular flexibility index (Phi) is 4.08. The molecule has 0 saturated heterocycles. The fourth-order valence-corrected chi connectivity index (χ4v) is 3.67. The van der Waals surface area contributed by atoms with Crippen molar-refractivity contribution in [2.45, 2.75) is 51.6 Å². The maximum absolute atomic E-state index is 6.32. The summed E-state index contributed by atoms with van der Waals surface area (Å²) in [5.41, 5.74) is 2.45. The molecule has 1 heterocycles. The monoisotopic (exact) mass is 320 g/mol. The van der Waals surface area contributed by atoms with Gasteiger partial charge in [0, 0.05) is 28.4 Å². The third-order valence-electron chi connectivity index (χ3n) is 3.58. The van der Waals surface area contributed by atoms with E-state index in [0.29, 0.717) is 5.92 Å². The van der Waals surface area contributed by atoms with Crippen molar-refractivity contribution in [3.05, 3.63) is 39.9 Å². The van der Waals surface area contributed by atoms with E-state index in [0.717, 1.165) is 22.1 Å². The molecule has 1 aliphatic rings. The normalized spacial score (nSPS) is 15.4. The SMILES string of the molecule is CC(C)(C)NCc1sc(-c2ccccc2Cl)nc1C1CC1. The van der Waals surface area contributed by atoms with E-state index in [9.17, 15) is 0 Å². The van der Waals surface area contributed by atoms with Gasteiger partial charge in [-0.2, -0.15) is 0 Å². The largest absolute Gasteiger partial charge is 0.307 e. The molecule has 0 spiro atoms. The fraction of sp³-hybridized carbons (Fsp3) is 0.471. The van der Waals surface area contributed by atoms with Crippen LogP contribution in [0.2, 0.25) is 5.02 Å². The van der Waals surface area contributed by atoms with E-state index in [2.05, 4.69) is 32.2 Å². The van der Waals surface area contributed by atoms with Crippen molar-refractivity contribution in [2.24, 2.45) is 0 Å². The minimum absolute atomic E-state index is 0.120. The molecule has 0 radical (unpaired) electrons. The summed E-state index contributed by atoms with van der Waals surface area (Å²) in [5.74, 6) is 0.661. The van der Waals surface area contributed by atoms with E-state index >= 15 is 0 Å². The topological polar surface area (TPSA) is 24.9 Å². The molecule has 1 aromatic heterocycles. The van der Waals surface area contributed by atoms with Crippen LogP contribution >= 0.6 is 22.9 Å². The molecule has 21 heavy (non-hydrogen) atoms. The molecule has 112 valence electrons. The van der Waals surface area contributed by atoms with Crippen LogP contribution in [-0.4, -0.2) is 10.5 Å². The van der Waals surface area contributed by atoms with Crippen molar-refractivity contribution >= 4 is 22.9 Å². The molecule has 0 unspecified atom stereocenters. The van der Waals surface area contributed by atoms with E-state index < -0.39 is 0 Å². The van der Waals surface area contributed by atoms with Gasteiger partial charge < -0.3 is 5.32 Å². The van der Waals surface area contributed by atoms with Gasteiger partial charge in [0.2, 0.25) is 0 Å². The fourth-order valence-electron chi connectivity index (χ4n) is 2.26. The van der Waals surface area contributed by atoms with E-state index in [-0.39, 0.29) is 5.54 Å². The van der Waals surface area contributed by atoms with Crippen LogP contribution in [0.3, 0.4) is 0 Å². The number of nitrogens with one attached hydrogen (secondary N) is 1. The molecular weight excluding hydrogens is 300 g/mol. The van der Waals surface area contributed by atoms with Gasteiger partial charge in [0.25, 0.3) is 0 Å². The first-order chi connectivity index (χ1) is 9.94. The van der Waals surface area contributed by atoms with Crippen molar-refractivity contribution < 1.29 is 0 Å². The second kappa shape index (κ2) is 5.71. The Balaban J connectivity index is 1.91. The van der Waals surface area contributed by atoms with Crippen LogP contribution in [0, 0.1) is 0 Å². The third kappa shape index (κ3) is 3.65. The Hall–Kier alpha value is -0.900. The predicted octanol–water partition coefficient (Wildman–Crippen LogP) is 5.23. The Morgan fingerprint density at radius 3 is 2.62 bits per heavy atom. The lowest BCUT2D eigenvalue weighted by Gasteiger charge is -2.20. The quantitative estimate of drug-likeness (QED) is 0.834. The summed E-state index contributed by atoms with van der Waals surface area (Å²) in [4.78, 5) is 6.26. The maximum Gasteiger partial charge on any atom is 0.125 e. The summed E-state index contributed by atoms with van der Waals surface area (Å²) in [6.45, 7) is 7.47. The van der Waals surface area contributed by atoms with Gasteiger partial charge in [-0.05, 0) is 39.7 Å². The summed E-state index contributed by atoms with van der Waals surface area (Å²) in [5, 5.41) is 5.41. The van der Waals surface area contributed by atoms with Crippen molar-refractivity contribution in [1.82, 2.24) is 10.3 Å². The maximum atomic E-state index is 6.32. The molecule has 2 aromatic rings. The molecule has 1 aliphatic carbocycles. The summed E-state index contributed by atoms with van der Waals surface area (Å²) in [6, 6.07) is 7.97. The van der Waals surface area contributed by atoms with E-state index in [4.69, 9.17) is 16.6 Å². The van der Waals surface area contributed by atoms with Gasteiger partial charge in [-0.1, -0.05) is 29.8 Å². The molecule has 1 fully saturated rings. The molecule has 1 saturated carbocycles. The first-order valence-corrected chi connectivity index (χ1v) is 8.63. The van der Waals surface area contributed by atoms with E-state index in [1.165, 1.54) is 23.4 Å². The van der Waals surface area contributed by atoms with Crippen LogP contribution in [-0.2, 0) is 6.54 Å². The lowest BCUT2D eigenvalue weighted by molar-refractivity contribution is 0.425. The van der Waals surface area contributed by atoms with Crippen LogP contribution in [0.5, 0.6) is 0 Å². The van der Waals surface area contributed by atoms with Gasteiger partial charge in [-0.3, -0.25) is 0 Å². The Morgan fingerprint density at radius 2 is 2.00 bits per heavy atom. The van der Waals surface area contributed by atoms with Crippen LogP contribution in [0.4, 0.5) is 0 Å². The van der Waals surface area contributed by atoms with Crippen molar-refractivity contribution in [1.29, 1.82) is 0 Å². The first kappa shape index (κ1) is 15.0. The van der Waals surface area contributed by atoms with Crippen LogP contribution in [0.15, 0.2) is 24.3 Å². The number of rotatable bonds is 4. The number of nitrogens with zero attached hydrogens (tertiary/aromatic N) is 1. The third-order valence-corrected chi connectivity index (χ3v) is 5.01. The molecule has 1 N–H and O–H groups in total. The summed E-state index contributed by atoms with van der Waals surface area (Å²) >= 11 is 8.09. The lowest BCUT2D eigenvalue weighted by atomic mass is 10.1. The Morgan fingerprint density at radius 1 is 1.29 bits per heavy atom. The van der Waals surface area contributed by atoms with Gasteiger partial charge >= 0.3 is 0 Å². The lowest BCUT2D eigenvalue weighted by Crippen LogP contribution is -2.35. The van der Waals surface area contributed by atoms with Gasteiger partial charge in [-0.15, -0.1) is 11.3 Å². The second-order valence-electron chi connectivity index (χ2n) is 6.69. The number of benzene rings is 1. The zero-order chi connectivity index (χ0) is 15.0. The average molecular weight is 321 g/mol. The zero-order valence-corrected chi connectivity index (χ0v) is 14.3. The first-order valence-electron chi connectivity index (χ1n) is 7.43. The van der Waals surface area contributed by atoms with E-state index in [1.807, 2.05) is 18.2 Å². The highest BCUT2D eigenvalue weighted by atomic mass is 35.5. The molecule has 0 aliphatic heterocycles. The Bertz CT molecular complexity index is 638. The minimum atomic E-state index is 0.120. The number of halogens is 1. The molecule has 0 amide bonds. The van der Waals surface area contributed by atoms with Gasteiger partial charge in [-0.25, -0.2) is 4.98 Å². The molecule has 4 heteroatoms. The molecule has 3 rings (SSSR count). The van der Waals surface area contributed by atoms with Crippen molar-refractivity contribution in [2.75, 3.05) is 0 Å². The number of hydrogen-bond acceptors (Lipinski definition) is 3. The zero-order valence-electron chi connectivity index (χ0n) is 12.7.